The van der Waals surface area contributed by atoms with E-state index in [0.717, 1.165) is 12.8 Å². The van der Waals surface area contributed by atoms with Gasteiger partial charge in [-0.1, -0.05) is 6.92 Å². The van der Waals surface area contributed by atoms with E-state index in [1.54, 1.807) is 0 Å². The lowest BCUT2D eigenvalue weighted by Crippen LogP contribution is -2.56. The summed E-state index contributed by atoms with van der Waals surface area (Å²) in [6, 6.07) is 0.186. The van der Waals surface area contributed by atoms with Gasteiger partial charge in [0, 0.05) is 18.1 Å². The van der Waals surface area contributed by atoms with Crippen molar-refractivity contribution in [2.45, 2.75) is 50.7 Å². The van der Waals surface area contributed by atoms with Gasteiger partial charge in [0.1, 0.15) is 0 Å². The molecule has 0 aromatic rings. The third-order valence-corrected chi connectivity index (χ3v) is 4.88. The van der Waals surface area contributed by atoms with Crippen molar-refractivity contribution in [2.24, 2.45) is 0 Å². The smallest absolute Gasteiger partial charge is 0.317 e. The maximum atomic E-state index is 11.7. The first-order chi connectivity index (χ1) is 8.89. The fourth-order valence-corrected chi connectivity index (χ4v) is 3.70. The standard InChI is InChI=1S/C11H21N3O4S/c1-2-14(7-11(15)16)10-5-9(6-10)13-19(17,18)12-8-3-4-8/h8-10,12-13H,2-7H2,1H3,(H,15,16). The molecule has 0 amide bonds. The van der Waals surface area contributed by atoms with Gasteiger partial charge in [0.15, 0.2) is 0 Å². The first-order valence-electron chi connectivity index (χ1n) is 6.65. The molecule has 2 rings (SSSR count). The fourth-order valence-electron chi connectivity index (χ4n) is 2.33. The van der Waals surface area contributed by atoms with Crippen LogP contribution in [0.5, 0.6) is 0 Å². The molecule has 2 fully saturated rings. The van der Waals surface area contributed by atoms with Crippen LogP contribution < -0.4 is 9.44 Å². The molecule has 0 saturated heterocycles. The highest BCUT2D eigenvalue weighted by molar-refractivity contribution is 7.87. The van der Waals surface area contributed by atoms with Gasteiger partial charge in [-0.05, 0) is 32.2 Å². The van der Waals surface area contributed by atoms with Crippen LogP contribution in [0.2, 0.25) is 0 Å². The van der Waals surface area contributed by atoms with Gasteiger partial charge in [-0.25, -0.2) is 0 Å². The van der Waals surface area contributed by atoms with Crippen molar-refractivity contribution in [3.63, 3.8) is 0 Å². The van der Waals surface area contributed by atoms with E-state index in [1.165, 1.54) is 0 Å². The van der Waals surface area contributed by atoms with Crippen molar-refractivity contribution in [3.8, 4) is 0 Å². The van der Waals surface area contributed by atoms with Crippen molar-refractivity contribution in [3.05, 3.63) is 0 Å². The minimum Gasteiger partial charge on any atom is -0.480 e. The van der Waals surface area contributed by atoms with Crippen molar-refractivity contribution < 1.29 is 18.3 Å². The van der Waals surface area contributed by atoms with Crippen molar-refractivity contribution in [2.75, 3.05) is 13.1 Å². The van der Waals surface area contributed by atoms with Gasteiger partial charge >= 0.3 is 5.97 Å². The lowest BCUT2D eigenvalue weighted by atomic mass is 9.86. The Bertz CT molecular complexity index is 429. The van der Waals surface area contributed by atoms with E-state index in [2.05, 4.69) is 9.44 Å². The summed E-state index contributed by atoms with van der Waals surface area (Å²) in [6.07, 6.45) is 3.17. The number of hydrogen-bond acceptors (Lipinski definition) is 4. The molecule has 2 saturated carbocycles. The van der Waals surface area contributed by atoms with E-state index in [1.807, 2.05) is 11.8 Å². The number of rotatable bonds is 8. The number of carbonyl (C=O) groups is 1. The second-order valence-electron chi connectivity index (χ2n) is 5.29. The highest BCUT2D eigenvalue weighted by Crippen LogP contribution is 2.26. The summed E-state index contributed by atoms with van der Waals surface area (Å²) in [4.78, 5) is 12.6. The molecule has 0 heterocycles. The molecule has 0 aliphatic heterocycles. The largest absolute Gasteiger partial charge is 0.480 e. The molecule has 0 unspecified atom stereocenters. The molecule has 2 aliphatic rings. The van der Waals surface area contributed by atoms with Crippen LogP contribution >= 0.6 is 0 Å². The molecule has 0 atom stereocenters. The van der Waals surface area contributed by atoms with Crippen LogP contribution in [0.15, 0.2) is 0 Å². The van der Waals surface area contributed by atoms with Crippen molar-refractivity contribution >= 4 is 16.2 Å². The van der Waals surface area contributed by atoms with Gasteiger partial charge in [0.2, 0.25) is 0 Å². The molecule has 0 radical (unpaired) electrons. The lowest BCUT2D eigenvalue weighted by molar-refractivity contribution is -0.139. The minimum atomic E-state index is -3.39. The van der Waals surface area contributed by atoms with Gasteiger partial charge in [-0.2, -0.15) is 17.9 Å². The summed E-state index contributed by atoms with van der Waals surface area (Å²) in [5.41, 5.74) is 0. The fraction of sp³-hybridized carbons (Fsp3) is 0.909. The van der Waals surface area contributed by atoms with Crippen LogP contribution in [0.1, 0.15) is 32.6 Å². The Morgan fingerprint density at radius 2 is 1.84 bits per heavy atom. The Labute approximate surface area is 113 Å². The zero-order valence-electron chi connectivity index (χ0n) is 11.0. The summed E-state index contributed by atoms with van der Waals surface area (Å²) < 4.78 is 28.5. The molecule has 0 spiro atoms. The molecule has 0 aromatic carbocycles. The van der Waals surface area contributed by atoms with Crippen LogP contribution in [-0.4, -0.2) is 55.6 Å². The Morgan fingerprint density at radius 1 is 1.26 bits per heavy atom. The third-order valence-electron chi connectivity index (χ3n) is 3.60. The Balaban J connectivity index is 1.74. The molecule has 8 heteroatoms. The lowest BCUT2D eigenvalue weighted by Gasteiger charge is -2.41. The first-order valence-corrected chi connectivity index (χ1v) is 8.13. The van der Waals surface area contributed by atoms with E-state index in [0.29, 0.717) is 19.4 Å². The second kappa shape index (κ2) is 5.74. The van der Waals surface area contributed by atoms with E-state index >= 15 is 0 Å². The van der Waals surface area contributed by atoms with Gasteiger partial charge in [0.25, 0.3) is 10.2 Å². The molecular weight excluding hydrogens is 270 g/mol. The van der Waals surface area contributed by atoms with Crippen LogP contribution in [0.3, 0.4) is 0 Å². The molecule has 0 bridgehead atoms. The van der Waals surface area contributed by atoms with Crippen molar-refractivity contribution in [1.82, 2.24) is 14.3 Å². The van der Waals surface area contributed by atoms with Gasteiger partial charge in [-0.3, -0.25) is 9.69 Å². The Hall–Kier alpha value is -0.700. The highest BCUT2D eigenvalue weighted by Gasteiger charge is 2.37. The summed E-state index contributed by atoms with van der Waals surface area (Å²) in [6.45, 7) is 2.59. The van der Waals surface area contributed by atoms with Crippen LogP contribution in [-0.2, 0) is 15.0 Å². The quantitative estimate of drug-likeness (QED) is 0.560. The molecule has 3 N–H and O–H groups in total. The first kappa shape index (κ1) is 14.7. The number of carboxylic acids is 1. The van der Waals surface area contributed by atoms with Crippen LogP contribution in [0.25, 0.3) is 0 Å². The summed E-state index contributed by atoms with van der Waals surface area (Å²) >= 11 is 0. The van der Waals surface area contributed by atoms with E-state index in [-0.39, 0.29) is 24.7 Å². The van der Waals surface area contributed by atoms with E-state index in [9.17, 15) is 13.2 Å². The maximum Gasteiger partial charge on any atom is 0.317 e. The summed E-state index contributed by atoms with van der Waals surface area (Å²) in [7, 11) is -3.39. The van der Waals surface area contributed by atoms with Gasteiger partial charge in [-0.15, -0.1) is 0 Å². The third kappa shape index (κ3) is 4.41. The predicted octanol–water partition coefficient (Wildman–Crippen LogP) is -0.490. The molecule has 19 heavy (non-hydrogen) atoms. The van der Waals surface area contributed by atoms with Gasteiger partial charge < -0.3 is 5.11 Å². The van der Waals surface area contributed by atoms with Crippen molar-refractivity contribution in [1.29, 1.82) is 0 Å². The van der Waals surface area contributed by atoms with Crippen LogP contribution in [0.4, 0.5) is 0 Å². The number of aliphatic carboxylic acids is 1. The SMILES string of the molecule is CCN(CC(=O)O)C1CC(NS(=O)(=O)NC2CC2)C1. The Kier molecular flexibility index (Phi) is 4.44. The highest BCUT2D eigenvalue weighted by atomic mass is 32.2. The summed E-state index contributed by atoms with van der Waals surface area (Å²) in [5.74, 6) is -0.846. The predicted molar refractivity (Wildman–Crippen MR) is 69.9 cm³/mol. The topological polar surface area (TPSA) is 98.7 Å². The number of nitrogens with zero attached hydrogens (tertiary/aromatic N) is 1. The summed E-state index contributed by atoms with van der Waals surface area (Å²) in [5, 5.41) is 8.78. The molecule has 2 aliphatic carbocycles. The monoisotopic (exact) mass is 291 g/mol. The molecule has 0 aromatic heterocycles. The van der Waals surface area contributed by atoms with E-state index in [4.69, 9.17) is 5.11 Å². The van der Waals surface area contributed by atoms with Gasteiger partial charge in [0.05, 0.1) is 6.54 Å². The normalized spacial score (nSPS) is 27.3. The second-order valence-corrected chi connectivity index (χ2v) is 6.77. The zero-order chi connectivity index (χ0) is 14.0. The average Bonchev–Trinajstić information content (AvgIpc) is 3.02. The number of carboxylic acid groups (broad SMARTS) is 1. The Morgan fingerprint density at radius 3 is 2.32 bits per heavy atom. The van der Waals surface area contributed by atoms with E-state index < -0.39 is 16.2 Å². The molecular formula is C11H21N3O4S. The number of nitrogens with one attached hydrogen (secondary N) is 2. The number of likely N-dealkylation sites (N-methyl/N-ethyl adjacent to an activating group) is 1. The average molecular weight is 291 g/mol. The minimum absolute atomic E-state index is 0.0148. The molecule has 110 valence electrons. The zero-order valence-corrected chi connectivity index (χ0v) is 11.8. The maximum absolute atomic E-state index is 11.7. The number of hydrogen-bond donors (Lipinski definition) is 3. The van der Waals surface area contributed by atoms with Crippen LogP contribution in [0, 0.1) is 0 Å². The molecule has 7 nitrogen and oxygen atoms in total.